The largest absolute Gasteiger partial charge is 0.373 e. The van der Waals surface area contributed by atoms with E-state index in [4.69, 9.17) is 4.74 Å². The number of ether oxygens (including phenoxy) is 1. The van der Waals surface area contributed by atoms with Gasteiger partial charge in [0.15, 0.2) is 5.78 Å². The third-order valence-electron chi connectivity index (χ3n) is 2.67. The van der Waals surface area contributed by atoms with Crippen LogP contribution in [0, 0.1) is 5.92 Å². The molecule has 0 N–H and O–H groups in total. The quantitative estimate of drug-likeness (QED) is 0.619. The maximum Gasteiger partial charge on any atom is 0.169 e. The zero-order valence-corrected chi connectivity index (χ0v) is 8.11. The number of Topliss-reactive ketones (excluding diaryl/α,β-unsaturated/α-hetero) is 1. The Bertz CT molecular complexity index is 257. The van der Waals surface area contributed by atoms with Crippen molar-refractivity contribution in [2.45, 2.75) is 19.4 Å². The predicted octanol–water partition coefficient (Wildman–Crippen LogP) is 1.61. The number of allylic oxidation sites excluding steroid dienone is 1. The molecule has 0 unspecified atom stereocenters. The lowest BCUT2D eigenvalue weighted by Gasteiger charge is -2.07. The van der Waals surface area contributed by atoms with E-state index in [2.05, 4.69) is 0 Å². The van der Waals surface area contributed by atoms with E-state index in [-0.39, 0.29) is 6.10 Å². The Kier molecular flexibility index (Phi) is 2.00. The summed E-state index contributed by atoms with van der Waals surface area (Å²) >= 11 is 1.57. The SMILES string of the molecule is CSC1=C2CO[C@H](C)[C@H]2CC1=O. The smallest absolute Gasteiger partial charge is 0.169 e. The molecule has 2 rings (SSSR count). The van der Waals surface area contributed by atoms with Crippen LogP contribution in [0.1, 0.15) is 13.3 Å². The van der Waals surface area contributed by atoms with Crippen molar-refractivity contribution in [3.05, 3.63) is 10.5 Å². The molecule has 0 aromatic heterocycles. The molecule has 0 aromatic rings. The van der Waals surface area contributed by atoms with Crippen LogP contribution in [0.3, 0.4) is 0 Å². The summed E-state index contributed by atoms with van der Waals surface area (Å²) in [4.78, 5) is 12.4. The van der Waals surface area contributed by atoms with Gasteiger partial charge in [0.25, 0.3) is 0 Å². The summed E-state index contributed by atoms with van der Waals surface area (Å²) in [7, 11) is 0. The molecule has 1 heterocycles. The van der Waals surface area contributed by atoms with Gasteiger partial charge in [-0.1, -0.05) is 0 Å². The highest BCUT2D eigenvalue weighted by atomic mass is 32.2. The molecule has 1 aliphatic heterocycles. The number of carbonyl (C=O) groups is 1. The van der Waals surface area contributed by atoms with Gasteiger partial charge in [-0.3, -0.25) is 4.79 Å². The van der Waals surface area contributed by atoms with E-state index in [0.29, 0.717) is 24.7 Å². The lowest BCUT2D eigenvalue weighted by Crippen LogP contribution is -2.11. The predicted molar refractivity (Wildman–Crippen MR) is 49.1 cm³/mol. The molecule has 3 heteroatoms. The average molecular weight is 184 g/mol. The highest BCUT2D eigenvalue weighted by molar-refractivity contribution is 8.03. The Hall–Kier alpha value is -0.280. The molecule has 1 aliphatic carbocycles. The first kappa shape index (κ1) is 8.32. The summed E-state index contributed by atoms with van der Waals surface area (Å²) in [6.45, 7) is 2.72. The maximum atomic E-state index is 11.4. The van der Waals surface area contributed by atoms with Crippen molar-refractivity contribution in [1.82, 2.24) is 0 Å². The summed E-state index contributed by atoms with van der Waals surface area (Å²) in [6.07, 6.45) is 2.88. The minimum absolute atomic E-state index is 0.244. The van der Waals surface area contributed by atoms with Crippen molar-refractivity contribution < 1.29 is 9.53 Å². The molecule has 0 bridgehead atoms. The summed E-state index contributed by atoms with van der Waals surface area (Å²) in [5.74, 6) is 0.706. The number of ketones is 1. The van der Waals surface area contributed by atoms with E-state index in [1.54, 1.807) is 11.8 Å². The van der Waals surface area contributed by atoms with Gasteiger partial charge in [0.1, 0.15) is 0 Å². The number of hydrogen-bond acceptors (Lipinski definition) is 3. The highest BCUT2D eigenvalue weighted by Crippen LogP contribution is 2.41. The van der Waals surface area contributed by atoms with Gasteiger partial charge in [-0.2, -0.15) is 0 Å². The van der Waals surface area contributed by atoms with E-state index in [1.165, 1.54) is 5.57 Å². The molecule has 1 saturated heterocycles. The molecule has 0 saturated carbocycles. The van der Waals surface area contributed by atoms with Crippen molar-refractivity contribution in [3.63, 3.8) is 0 Å². The van der Waals surface area contributed by atoms with Crippen LogP contribution in [-0.4, -0.2) is 24.7 Å². The highest BCUT2D eigenvalue weighted by Gasteiger charge is 2.39. The molecule has 0 radical (unpaired) electrons. The van der Waals surface area contributed by atoms with Gasteiger partial charge in [0.05, 0.1) is 17.6 Å². The fraction of sp³-hybridized carbons (Fsp3) is 0.667. The van der Waals surface area contributed by atoms with Crippen LogP contribution in [0.4, 0.5) is 0 Å². The molecular formula is C9H12O2S. The third kappa shape index (κ3) is 1.04. The van der Waals surface area contributed by atoms with Crippen LogP contribution in [0.2, 0.25) is 0 Å². The van der Waals surface area contributed by atoms with Gasteiger partial charge >= 0.3 is 0 Å². The molecule has 2 nitrogen and oxygen atoms in total. The van der Waals surface area contributed by atoms with Gasteiger partial charge in [0.2, 0.25) is 0 Å². The number of carbonyl (C=O) groups excluding carboxylic acids is 1. The Labute approximate surface area is 76.4 Å². The minimum Gasteiger partial charge on any atom is -0.373 e. The first-order valence-electron chi connectivity index (χ1n) is 4.16. The van der Waals surface area contributed by atoms with Crippen LogP contribution in [-0.2, 0) is 9.53 Å². The van der Waals surface area contributed by atoms with Crippen molar-refractivity contribution >= 4 is 17.5 Å². The zero-order chi connectivity index (χ0) is 8.72. The summed E-state index contributed by atoms with van der Waals surface area (Å²) in [6, 6.07) is 0. The van der Waals surface area contributed by atoms with Crippen LogP contribution < -0.4 is 0 Å². The lowest BCUT2D eigenvalue weighted by atomic mass is 10.00. The number of thioether (sulfide) groups is 1. The minimum atomic E-state index is 0.244. The summed E-state index contributed by atoms with van der Waals surface area (Å²) in [5, 5.41) is 0. The molecule has 1 fully saturated rings. The first-order valence-corrected chi connectivity index (χ1v) is 5.38. The molecule has 0 amide bonds. The summed E-state index contributed by atoms with van der Waals surface area (Å²) in [5.41, 5.74) is 1.25. The van der Waals surface area contributed by atoms with E-state index >= 15 is 0 Å². The van der Waals surface area contributed by atoms with E-state index in [9.17, 15) is 4.79 Å². The number of rotatable bonds is 1. The van der Waals surface area contributed by atoms with Crippen LogP contribution in [0.15, 0.2) is 10.5 Å². The number of fused-ring (bicyclic) bond motifs is 1. The monoisotopic (exact) mass is 184 g/mol. The van der Waals surface area contributed by atoms with E-state index in [1.807, 2.05) is 13.2 Å². The lowest BCUT2D eigenvalue weighted by molar-refractivity contribution is -0.115. The molecule has 12 heavy (non-hydrogen) atoms. The van der Waals surface area contributed by atoms with Crippen molar-refractivity contribution in [1.29, 1.82) is 0 Å². The van der Waals surface area contributed by atoms with Crippen LogP contribution in [0.5, 0.6) is 0 Å². The van der Waals surface area contributed by atoms with Crippen molar-refractivity contribution in [2.24, 2.45) is 5.92 Å². The normalized spacial score (nSPS) is 34.7. The Morgan fingerprint density at radius 2 is 2.33 bits per heavy atom. The molecule has 0 aromatic carbocycles. The average Bonchev–Trinajstić information content (AvgIpc) is 2.52. The Balaban J connectivity index is 2.34. The topological polar surface area (TPSA) is 26.3 Å². The fourth-order valence-corrected chi connectivity index (χ4v) is 2.75. The van der Waals surface area contributed by atoms with Gasteiger partial charge in [-0.25, -0.2) is 0 Å². The van der Waals surface area contributed by atoms with Crippen LogP contribution in [0.25, 0.3) is 0 Å². The van der Waals surface area contributed by atoms with Gasteiger partial charge in [-0.15, -0.1) is 11.8 Å². The van der Waals surface area contributed by atoms with Gasteiger partial charge in [0, 0.05) is 12.3 Å². The second-order valence-corrected chi connectivity index (χ2v) is 4.12. The molecule has 2 atom stereocenters. The molecule has 0 spiro atoms. The van der Waals surface area contributed by atoms with Crippen LogP contribution >= 0.6 is 11.8 Å². The maximum absolute atomic E-state index is 11.4. The van der Waals surface area contributed by atoms with E-state index in [0.717, 1.165) is 4.91 Å². The molecule has 2 aliphatic rings. The number of hydrogen-bond donors (Lipinski definition) is 0. The van der Waals surface area contributed by atoms with Gasteiger partial charge in [-0.05, 0) is 18.8 Å². The fourth-order valence-electron chi connectivity index (χ4n) is 1.97. The van der Waals surface area contributed by atoms with Crippen molar-refractivity contribution in [2.75, 3.05) is 12.9 Å². The van der Waals surface area contributed by atoms with E-state index < -0.39 is 0 Å². The molecule has 66 valence electrons. The first-order chi connectivity index (χ1) is 5.74. The second-order valence-electron chi connectivity index (χ2n) is 3.31. The molecular weight excluding hydrogens is 172 g/mol. The standard InChI is InChI=1S/C9H12O2S/c1-5-6-3-8(10)9(12-2)7(6)4-11-5/h5-6H,3-4H2,1-2H3/t5-,6-/m1/s1. The third-order valence-corrected chi connectivity index (χ3v) is 3.57. The Morgan fingerprint density at radius 3 is 3.00 bits per heavy atom. The van der Waals surface area contributed by atoms with Crippen molar-refractivity contribution in [3.8, 4) is 0 Å². The summed E-state index contributed by atoms with van der Waals surface area (Å²) < 4.78 is 5.48. The van der Waals surface area contributed by atoms with Gasteiger partial charge < -0.3 is 4.74 Å². The Morgan fingerprint density at radius 1 is 1.58 bits per heavy atom. The second kappa shape index (κ2) is 2.89. The zero-order valence-electron chi connectivity index (χ0n) is 7.29.